The minimum atomic E-state index is -1.02. The van der Waals surface area contributed by atoms with Crippen LogP contribution in [0.1, 0.15) is 19.9 Å². The third kappa shape index (κ3) is 3.25. The Morgan fingerprint density at radius 2 is 2.40 bits per heavy atom. The summed E-state index contributed by atoms with van der Waals surface area (Å²) in [5.41, 5.74) is 6.12. The van der Waals surface area contributed by atoms with Crippen LogP contribution in [-0.4, -0.2) is 33.4 Å². The van der Waals surface area contributed by atoms with Crippen LogP contribution in [0.2, 0.25) is 0 Å². The van der Waals surface area contributed by atoms with Gasteiger partial charge in [-0.2, -0.15) is 5.10 Å². The van der Waals surface area contributed by atoms with Crippen molar-refractivity contribution in [2.75, 3.05) is 11.9 Å². The highest BCUT2D eigenvalue weighted by atomic mass is 16.4. The van der Waals surface area contributed by atoms with E-state index in [0.29, 0.717) is 0 Å². The van der Waals surface area contributed by atoms with Crippen LogP contribution < -0.4 is 11.1 Å². The molecule has 0 aliphatic carbocycles. The molecule has 0 fully saturated rings. The van der Waals surface area contributed by atoms with Crippen molar-refractivity contribution in [3.63, 3.8) is 0 Å². The van der Waals surface area contributed by atoms with Gasteiger partial charge in [-0.15, -0.1) is 0 Å². The SMILES string of the molecule is CC(C)n1cc(NCC(N)C(=O)O)cn1. The second-order valence-corrected chi connectivity index (χ2v) is 3.63. The number of carbonyl (C=O) groups is 1. The zero-order valence-electron chi connectivity index (χ0n) is 8.84. The quantitative estimate of drug-likeness (QED) is 0.652. The molecule has 1 atom stereocenters. The van der Waals surface area contributed by atoms with E-state index < -0.39 is 12.0 Å². The second kappa shape index (κ2) is 4.79. The van der Waals surface area contributed by atoms with Gasteiger partial charge in [-0.25, -0.2) is 0 Å². The smallest absolute Gasteiger partial charge is 0.322 e. The maximum atomic E-state index is 10.4. The van der Waals surface area contributed by atoms with E-state index in [2.05, 4.69) is 10.4 Å². The van der Waals surface area contributed by atoms with Crippen LogP contribution in [0.15, 0.2) is 12.4 Å². The van der Waals surface area contributed by atoms with E-state index in [1.165, 1.54) is 0 Å². The summed E-state index contributed by atoms with van der Waals surface area (Å²) >= 11 is 0. The van der Waals surface area contributed by atoms with Gasteiger partial charge in [0.05, 0.1) is 11.9 Å². The van der Waals surface area contributed by atoms with Crippen molar-refractivity contribution in [1.82, 2.24) is 9.78 Å². The molecule has 1 aromatic rings. The number of carboxylic acids is 1. The molecule has 4 N–H and O–H groups in total. The lowest BCUT2D eigenvalue weighted by Gasteiger charge is -2.07. The molecule has 0 amide bonds. The van der Waals surface area contributed by atoms with E-state index in [1.807, 2.05) is 20.0 Å². The fourth-order valence-electron chi connectivity index (χ4n) is 1.03. The molecule has 84 valence electrons. The first-order valence-corrected chi connectivity index (χ1v) is 4.77. The largest absolute Gasteiger partial charge is 0.480 e. The van der Waals surface area contributed by atoms with Crippen molar-refractivity contribution in [2.24, 2.45) is 5.73 Å². The maximum Gasteiger partial charge on any atom is 0.322 e. The molecule has 0 aromatic carbocycles. The van der Waals surface area contributed by atoms with Gasteiger partial charge in [-0.3, -0.25) is 9.48 Å². The van der Waals surface area contributed by atoms with Crippen molar-refractivity contribution in [3.8, 4) is 0 Å². The number of nitrogens with two attached hydrogens (primary N) is 1. The summed E-state index contributed by atoms with van der Waals surface area (Å²) in [5, 5.41) is 15.6. The number of hydrogen-bond donors (Lipinski definition) is 3. The van der Waals surface area contributed by atoms with Crippen LogP contribution in [0.4, 0.5) is 5.69 Å². The topological polar surface area (TPSA) is 93.2 Å². The fraction of sp³-hybridized carbons (Fsp3) is 0.556. The number of nitrogens with one attached hydrogen (secondary N) is 1. The summed E-state index contributed by atoms with van der Waals surface area (Å²) in [6, 6.07) is -0.610. The third-order valence-electron chi connectivity index (χ3n) is 1.97. The van der Waals surface area contributed by atoms with E-state index in [0.717, 1.165) is 5.69 Å². The minimum Gasteiger partial charge on any atom is -0.480 e. The number of hydrogen-bond acceptors (Lipinski definition) is 4. The lowest BCUT2D eigenvalue weighted by atomic mass is 10.3. The second-order valence-electron chi connectivity index (χ2n) is 3.63. The van der Waals surface area contributed by atoms with E-state index in [9.17, 15) is 4.79 Å². The first kappa shape index (κ1) is 11.5. The maximum absolute atomic E-state index is 10.4. The van der Waals surface area contributed by atoms with Crippen LogP contribution in [0, 0.1) is 0 Å². The van der Waals surface area contributed by atoms with Crippen molar-refractivity contribution < 1.29 is 9.90 Å². The van der Waals surface area contributed by atoms with Gasteiger partial charge in [0.15, 0.2) is 0 Å². The highest BCUT2D eigenvalue weighted by molar-refractivity contribution is 5.73. The molecule has 0 saturated heterocycles. The fourth-order valence-corrected chi connectivity index (χ4v) is 1.03. The molecular weight excluding hydrogens is 196 g/mol. The molecule has 15 heavy (non-hydrogen) atoms. The predicted octanol–water partition coefficient (Wildman–Crippen LogP) is 0.288. The Balaban J connectivity index is 2.47. The van der Waals surface area contributed by atoms with Gasteiger partial charge < -0.3 is 16.2 Å². The summed E-state index contributed by atoms with van der Waals surface area (Å²) in [5.74, 6) is -1.02. The highest BCUT2D eigenvalue weighted by Gasteiger charge is 2.11. The average molecular weight is 212 g/mol. The normalized spacial score (nSPS) is 12.8. The summed E-state index contributed by atoms with van der Waals surface area (Å²) in [6.45, 7) is 4.22. The lowest BCUT2D eigenvalue weighted by molar-refractivity contribution is -0.138. The number of aliphatic carboxylic acids is 1. The van der Waals surface area contributed by atoms with E-state index in [4.69, 9.17) is 10.8 Å². The van der Waals surface area contributed by atoms with E-state index in [1.54, 1.807) is 10.9 Å². The molecule has 6 heteroatoms. The molecular formula is C9H16N4O2. The van der Waals surface area contributed by atoms with Crippen LogP contribution in [0.5, 0.6) is 0 Å². The van der Waals surface area contributed by atoms with Crippen molar-refractivity contribution in [2.45, 2.75) is 25.9 Å². The standard InChI is InChI=1S/C9H16N4O2/c1-6(2)13-5-7(3-12-13)11-4-8(10)9(14)15/h3,5-6,8,11H,4,10H2,1-2H3,(H,14,15). The zero-order chi connectivity index (χ0) is 11.4. The Labute approximate surface area is 88.1 Å². The van der Waals surface area contributed by atoms with Crippen molar-refractivity contribution >= 4 is 11.7 Å². The molecule has 0 aliphatic rings. The first-order valence-electron chi connectivity index (χ1n) is 4.77. The molecule has 1 heterocycles. The number of anilines is 1. The monoisotopic (exact) mass is 212 g/mol. The van der Waals surface area contributed by atoms with Crippen molar-refractivity contribution in [1.29, 1.82) is 0 Å². The van der Waals surface area contributed by atoms with Gasteiger partial charge >= 0.3 is 5.97 Å². The third-order valence-corrected chi connectivity index (χ3v) is 1.97. The van der Waals surface area contributed by atoms with Crippen LogP contribution in [0.25, 0.3) is 0 Å². The van der Waals surface area contributed by atoms with Crippen molar-refractivity contribution in [3.05, 3.63) is 12.4 Å². The minimum absolute atomic E-state index is 0.194. The van der Waals surface area contributed by atoms with Crippen LogP contribution >= 0.6 is 0 Å². The summed E-state index contributed by atoms with van der Waals surface area (Å²) in [7, 11) is 0. The van der Waals surface area contributed by atoms with Crippen LogP contribution in [0.3, 0.4) is 0 Å². The predicted molar refractivity (Wildman–Crippen MR) is 56.7 cm³/mol. The molecule has 0 saturated carbocycles. The van der Waals surface area contributed by atoms with Crippen LogP contribution in [-0.2, 0) is 4.79 Å². The van der Waals surface area contributed by atoms with Gasteiger partial charge in [0.25, 0.3) is 0 Å². The van der Waals surface area contributed by atoms with E-state index in [-0.39, 0.29) is 12.6 Å². The molecule has 0 aliphatic heterocycles. The molecule has 0 radical (unpaired) electrons. The summed E-state index contributed by atoms with van der Waals surface area (Å²) < 4.78 is 1.79. The molecule has 1 unspecified atom stereocenters. The Hall–Kier alpha value is -1.56. The number of nitrogens with zero attached hydrogens (tertiary/aromatic N) is 2. The molecule has 1 aromatic heterocycles. The molecule has 1 rings (SSSR count). The van der Waals surface area contributed by atoms with E-state index >= 15 is 0 Å². The molecule has 0 spiro atoms. The highest BCUT2D eigenvalue weighted by Crippen LogP contribution is 2.09. The summed E-state index contributed by atoms with van der Waals surface area (Å²) in [4.78, 5) is 10.4. The Kier molecular flexibility index (Phi) is 3.68. The zero-order valence-corrected chi connectivity index (χ0v) is 8.84. The Morgan fingerprint density at radius 1 is 1.73 bits per heavy atom. The van der Waals surface area contributed by atoms with Gasteiger partial charge in [0.2, 0.25) is 0 Å². The number of carboxylic acid groups (broad SMARTS) is 1. The van der Waals surface area contributed by atoms with Gasteiger partial charge in [-0.05, 0) is 13.8 Å². The number of aromatic nitrogens is 2. The lowest BCUT2D eigenvalue weighted by Crippen LogP contribution is -2.36. The Bertz CT molecular complexity index is 335. The molecule has 6 nitrogen and oxygen atoms in total. The first-order chi connectivity index (χ1) is 7.00. The van der Waals surface area contributed by atoms with Gasteiger partial charge in [-0.1, -0.05) is 0 Å². The van der Waals surface area contributed by atoms with Gasteiger partial charge in [0, 0.05) is 18.8 Å². The Morgan fingerprint density at radius 3 is 2.87 bits per heavy atom. The van der Waals surface area contributed by atoms with Gasteiger partial charge in [0.1, 0.15) is 6.04 Å². The average Bonchev–Trinajstić information content (AvgIpc) is 2.62. The summed E-state index contributed by atoms with van der Waals surface area (Å²) in [6.07, 6.45) is 3.47. The molecule has 0 bridgehead atoms. The number of rotatable bonds is 5.